The molecule has 0 aliphatic carbocycles. The van der Waals surface area contributed by atoms with Crippen molar-refractivity contribution in [3.05, 3.63) is 54.1 Å². The van der Waals surface area contributed by atoms with Crippen LogP contribution in [0.4, 0.5) is 0 Å². The Bertz CT molecular complexity index is 487. The number of benzene rings is 1. The Morgan fingerprint density at radius 2 is 2.05 bits per heavy atom. The lowest BCUT2D eigenvalue weighted by Gasteiger charge is -2.16. The van der Waals surface area contributed by atoms with Crippen molar-refractivity contribution < 1.29 is 4.74 Å². The van der Waals surface area contributed by atoms with E-state index < -0.39 is 0 Å². The predicted molar refractivity (Wildman–Crippen MR) is 73.4 cm³/mol. The Kier molecular flexibility index (Phi) is 4.83. The zero-order valence-corrected chi connectivity index (χ0v) is 10.9. The van der Waals surface area contributed by atoms with Crippen molar-refractivity contribution in [1.82, 2.24) is 15.4 Å². The molecular formula is C14H18N4O. The molecule has 100 valence electrons. The number of hydrogen-bond donors (Lipinski definition) is 2. The average Bonchev–Trinajstić information content (AvgIpc) is 2.48. The monoisotopic (exact) mass is 258 g/mol. The van der Waals surface area contributed by atoms with E-state index in [-0.39, 0.29) is 6.04 Å². The molecule has 1 aromatic heterocycles. The maximum atomic E-state index is 5.61. The Labute approximate surface area is 112 Å². The first-order valence-corrected chi connectivity index (χ1v) is 6.30. The van der Waals surface area contributed by atoms with E-state index in [2.05, 4.69) is 22.3 Å². The first-order chi connectivity index (χ1) is 9.35. The fourth-order valence-corrected chi connectivity index (χ4v) is 1.80. The molecule has 5 heteroatoms. The molecule has 1 atom stereocenters. The molecule has 0 aliphatic heterocycles. The lowest BCUT2D eigenvalue weighted by molar-refractivity contribution is 0.317. The summed E-state index contributed by atoms with van der Waals surface area (Å²) in [5.74, 6) is 6.48. The minimum absolute atomic E-state index is 0.150. The van der Waals surface area contributed by atoms with E-state index in [9.17, 15) is 0 Å². The van der Waals surface area contributed by atoms with Crippen LogP contribution < -0.4 is 16.0 Å². The Balaban J connectivity index is 2.15. The van der Waals surface area contributed by atoms with Crippen molar-refractivity contribution >= 4 is 0 Å². The van der Waals surface area contributed by atoms with E-state index in [0.717, 1.165) is 30.0 Å². The van der Waals surface area contributed by atoms with E-state index in [1.54, 1.807) is 6.20 Å². The normalized spacial score (nSPS) is 12.1. The van der Waals surface area contributed by atoms with Gasteiger partial charge >= 0.3 is 0 Å². The molecule has 0 bridgehead atoms. The molecule has 1 unspecified atom stereocenters. The molecular weight excluding hydrogens is 240 g/mol. The van der Waals surface area contributed by atoms with Crippen LogP contribution in [0.2, 0.25) is 0 Å². The Hall–Kier alpha value is -1.98. The van der Waals surface area contributed by atoms with Gasteiger partial charge in [0.1, 0.15) is 12.1 Å². The van der Waals surface area contributed by atoms with E-state index >= 15 is 0 Å². The van der Waals surface area contributed by atoms with Gasteiger partial charge in [0, 0.05) is 6.20 Å². The maximum Gasteiger partial charge on any atom is 0.119 e. The van der Waals surface area contributed by atoms with Crippen LogP contribution >= 0.6 is 0 Å². The Morgan fingerprint density at radius 3 is 2.63 bits per heavy atom. The van der Waals surface area contributed by atoms with Crippen molar-refractivity contribution in [1.29, 1.82) is 0 Å². The van der Waals surface area contributed by atoms with Crippen molar-refractivity contribution in [2.45, 2.75) is 19.4 Å². The van der Waals surface area contributed by atoms with E-state index in [1.165, 1.54) is 6.33 Å². The van der Waals surface area contributed by atoms with Crippen LogP contribution in [0.5, 0.6) is 5.75 Å². The van der Waals surface area contributed by atoms with Gasteiger partial charge in [-0.3, -0.25) is 5.84 Å². The van der Waals surface area contributed by atoms with Gasteiger partial charge in [0.2, 0.25) is 0 Å². The number of ether oxygens (including phenoxy) is 1. The van der Waals surface area contributed by atoms with Gasteiger partial charge in [-0.05, 0) is 30.2 Å². The van der Waals surface area contributed by atoms with Crippen LogP contribution in [0.3, 0.4) is 0 Å². The second-order valence-electron chi connectivity index (χ2n) is 4.15. The summed E-state index contributed by atoms with van der Waals surface area (Å²) in [5.41, 5.74) is 4.63. The highest BCUT2D eigenvalue weighted by atomic mass is 16.5. The molecule has 0 aliphatic rings. The number of nitrogens with one attached hydrogen (secondary N) is 1. The van der Waals surface area contributed by atoms with Gasteiger partial charge in [0.25, 0.3) is 0 Å². The Morgan fingerprint density at radius 1 is 1.26 bits per heavy atom. The molecule has 2 aromatic rings. The van der Waals surface area contributed by atoms with Gasteiger partial charge in [-0.1, -0.05) is 19.1 Å². The van der Waals surface area contributed by atoms with Crippen LogP contribution in [0.25, 0.3) is 0 Å². The van der Waals surface area contributed by atoms with Gasteiger partial charge in [-0.25, -0.2) is 15.4 Å². The molecule has 19 heavy (non-hydrogen) atoms. The number of hydrazine groups is 1. The molecule has 2 rings (SSSR count). The summed E-state index contributed by atoms with van der Waals surface area (Å²) >= 11 is 0. The zero-order chi connectivity index (χ0) is 13.5. The number of hydrogen-bond acceptors (Lipinski definition) is 5. The summed E-state index contributed by atoms with van der Waals surface area (Å²) in [4.78, 5) is 8.12. The highest BCUT2D eigenvalue weighted by molar-refractivity contribution is 5.32. The summed E-state index contributed by atoms with van der Waals surface area (Å²) in [6.07, 6.45) is 4.21. The fourth-order valence-electron chi connectivity index (χ4n) is 1.80. The largest absolute Gasteiger partial charge is 0.494 e. The highest BCUT2D eigenvalue weighted by Gasteiger charge is 2.13. The quantitative estimate of drug-likeness (QED) is 0.610. The number of aromatic nitrogens is 2. The number of rotatable bonds is 6. The van der Waals surface area contributed by atoms with Gasteiger partial charge in [0.15, 0.2) is 0 Å². The van der Waals surface area contributed by atoms with Crippen molar-refractivity contribution in [2.24, 2.45) is 5.84 Å². The lowest BCUT2D eigenvalue weighted by Crippen LogP contribution is -2.29. The second-order valence-corrected chi connectivity index (χ2v) is 4.15. The first kappa shape index (κ1) is 13.5. The third-order valence-corrected chi connectivity index (χ3v) is 2.75. The standard InChI is InChI=1S/C14H18N4O/c1-2-9-19-12-5-3-11(4-6-12)14(18-15)13-7-8-16-10-17-13/h3-8,10,14,18H,2,9,15H2,1H3. The van der Waals surface area contributed by atoms with Crippen LogP contribution in [0, 0.1) is 0 Å². The third-order valence-electron chi connectivity index (χ3n) is 2.75. The molecule has 0 fully saturated rings. The van der Waals surface area contributed by atoms with Gasteiger partial charge in [-0.2, -0.15) is 0 Å². The molecule has 0 saturated heterocycles. The molecule has 0 spiro atoms. The van der Waals surface area contributed by atoms with Crippen LogP contribution in [0.15, 0.2) is 42.9 Å². The van der Waals surface area contributed by atoms with Crippen molar-refractivity contribution in [2.75, 3.05) is 6.61 Å². The average molecular weight is 258 g/mol. The topological polar surface area (TPSA) is 73.1 Å². The summed E-state index contributed by atoms with van der Waals surface area (Å²) in [5, 5.41) is 0. The zero-order valence-electron chi connectivity index (χ0n) is 10.9. The molecule has 1 aromatic carbocycles. The fraction of sp³-hybridized carbons (Fsp3) is 0.286. The molecule has 5 nitrogen and oxygen atoms in total. The smallest absolute Gasteiger partial charge is 0.119 e. The summed E-state index contributed by atoms with van der Waals surface area (Å²) in [6, 6.07) is 9.54. The molecule has 0 radical (unpaired) electrons. The van der Waals surface area contributed by atoms with Crippen molar-refractivity contribution in [3.63, 3.8) is 0 Å². The van der Waals surface area contributed by atoms with Crippen LogP contribution in [-0.4, -0.2) is 16.6 Å². The summed E-state index contributed by atoms with van der Waals surface area (Å²) in [6.45, 7) is 2.81. The summed E-state index contributed by atoms with van der Waals surface area (Å²) in [7, 11) is 0. The van der Waals surface area contributed by atoms with Gasteiger partial charge < -0.3 is 4.74 Å². The van der Waals surface area contributed by atoms with Crippen molar-refractivity contribution in [3.8, 4) is 5.75 Å². The third kappa shape index (κ3) is 3.49. The SMILES string of the molecule is CCCOc1ccc(C(NN)c2ccncn2)cc1. The number of nitrogens with two attached hydrogens (primary N) is 1. The second kappa shape index (κ2) is 6.82. The maximum absolute atomic E-state index is 5.61. The predicted octanol–water partition coefficient (Wildman–Crippen LogP) is 1.82. The van der Waals surface area contributed by atoms with E-state index in [4.69, 9.17) is 10.6 Å². The van der Waals surface area contributed by atoms with Gasteiger partial charge in [0.05, 0.1) is 18.3 Å². The van der Waals surface area contributed by atoms with Gasteiger partial charge in [-0.15, -0.1) is 0 Å². The molecule has 0 saturated carbocycles. The number of nitrogens with zero attached hydrogens (tertiary/aromatic N) is 2. The minimum Gasteiger partial charge on any atom is -0.494 e. The van der Waals surface area contributed by atoms with Crippen LogP contribution in [0.1, 0.15) is 30.6 Å². The first-order valence-electron chi connectivity index (χ1n) is 6.30. The van der Waals surface area contributed by atoms with E-state index in [1.807, 2.05) is 30.3 Å². The van der Waals surface area contributed by atoms with E-state index in [0.29, 0.717) is 0 Å². The lowest BCUT2D eigenvalue weighted by atomic mass is 10.0. The molecule has 1 heterocycles. The molecule has 3 N–H and O–H groups in total. The summed E-state index contributed by atoms with van der Waals surface area (Å²) < 4.78 is 5.55. The highest BCUT2D eigenvalue weighted by Crippen LogP contribution is 2.21. The molecule has 0 amide bonds. The minimum atomic E-state index is -0.150. The van der Waals surface area contributed by atoms with Crippen LogP contribution in [-0.2, 0) is 0 Å².